The molecule has 3 heteroatoms. The number of nitrogens with zero attached hydrogens (tertiary/aromatic N) is 1. The number of allylic oxidation sites excluding steroid dienone is 2. The molecular weight excluding hydrogens is 359 g/mol. The molecule has 1 N–H and O–H groups in total. The Hall–Kier alpha value is -1.36. The number of aromatic nitrogens is 1. The van der Waals surface area contributed by atoms with E-state index in [1.165, 1.54) is 14.8 Å². The Morgan fingerprint density at radius 2 is 2.15 bits per heavy atom. The summed E-state index contributed by atoms with van der Waals surface area (Å²) in [6.45, 7) is 0. The Labute approximate surface area is 132 Å². The minimum Gasteiger partial charge on any atom is -0.376 e. The Bertz CT molecular complexity index is 666. The van der Waals surface area contributed by atoms with Crippen molar-refractivity contribution < 1.29 is 0 Å². The number of fused-ring (bicyclic) bond motifs is 3. The number of rotatable bonds is 1. The summed E-state index contributed by atoms with van der Waals surface area (Å²) in [5.74, 6) is 1.10. The van der Waals surface area contributed by atoms with Crippen LogP contribution in [0.15, 0.2) is 54.7 Å². The fraction of sp³-hybridized carbons (Fsp3) is 0.235. The zero-order valence-corrected chi connectivity index (χ0v) is 13.1. The highest BCUT2D eigenvalue weighted by molar-refractivity contribution is 14.1. The average Bonchev–Trinajstić information content (AvgIpc) is 2.97. The molecule has 1 aliphatic heterocycles. The molecule has 100 valence electrons. The van der Waals surface area contributed by atoms with Gasteiger partial charge < -0.3 is 5.32 Å². The van der Waals surface area contributed by atoms with Gasteiger partial charge in [-0.1, -0.05) is 18.2 Å². The Kier molecular flexibility index (Phi) is 3.02. The lowest BCUT2D eigenvalue weighted by atomic mass is 9.78. The molecule has 0 radical (unpaired) electrons. The standard InChI is InChI=1S/C17H15IN2/c18-11-7-8-15-14(10-11)12-4-3-5-13(12)17(20-15)16-6-1-2-9-19-16/h1-4,6-10,12-13,17,20H,5H2/t12-,13+,17-/m1/s1. The van der Waals surface area contributed by atoms with Crippen LogP contribution in [0.3, 0.4) is 0 Å². The third kappa shape index (κ3) is 1.95. The van der Waals surface area contributed by atoms with Crippen molar-refractivity contribution in [1.82, 2.24) is 4.98 Å². The van der Waals surface area contributed by atoms with Crippen LogP contribution >= 0.6 is 22.6 Å². The van der Waals surface area contributed by atoms with Gasteiger partial charge in [-0.15, -0.1) is 0 Å². The van der Waals surface area contributed by atoms with Crippen molar-refractivity contribution in [2.24, 2.45) is 5.92 Å². The Balaban J connectivity index is 1.80. The van der Waals surface area contributed by atoms with Gasteiger partial charge in [0.1, 0.15) is 0 Å². The van der Waals surface area contributed by atoms with Crippen LogP contribution in [0.25, 0.3) is 0 Å². The summed E-state index contributed by atoms with van der Waals surface area (Å²) in [7, 11) is 0. The van der Waals surface area contributed by atoms with Gasteiger partial charge in [0, 0.05) is 21.4 Å². The van der Waals surface area contributed by atoms with E-state index in [4.69, 9.17) is 0 Å². The molecule has 2 heterocycles. The van der Waals surface area contributed by atoms with E-state index in [9.17, 15) is 0 Å². The van der Waals surface area contributed by atoms with E-state index in [2.05, 4.69) is 75.4 Å². The lowest BCUT2D eigenvalue weighted by Gasteiger charge is -2.37. The van der Waals surface area contributed by atoms with Gasteiger partial charge in [0.25, 0.3) is 0 Å². The largest absolute Gasteiger partial charge is 0.376 e. The summed E-state index contributed by atoms with van der Waals surface area (Å²) in [5, 5.41) is 3.71. The number of nitrogens with one attached hydrogen (secondary N) is 1. The number of hydrogen-bond acceptors (Lipinski definition) is 2. The fourth-order valence-corrected chi connectivity index (χ4v) is 3.93. The van der Waals surface area contributed by atoms with Crippen molar-refractivity contribution in [2.75, 3.05) is 5.32 Å². The van der Waals surface area contributed by atoms with Crippen LogP contribution < -0.4 is 5.32 Å². The zero-order chi connectivity index (χ0) is 13.5. The maximum atomic E-state index is 4.56. The normalized spacial score (nSPS) is 26.8. The van der Waals surface area contributed by atoms with Gasteiger partial charge in [-0.3, -0.25) is 4.98 Å². The molecular formula is C17H15IN2. The van der Waals surface area contributed by atoms with E-state index in [0.29, 0.717) is 17.9 Å². The first-order valence-electron chi connectivity index (χ1n) is 6.96. The molecule has 0 fully saturated rings. The first kappa shape index (κ1) is 12.4. The van der Waals surface area contributed by atoms with Gasteiger partial charge in [-0.25, -0.2) is 0 Å². The van der Waals surface area contributed by atoms with Crippen LogP contribution in [0.4, 0.5) is 5.69 Å². The summed E-state index contributed by atoms with van der Waals surface area (Å²) >= 11 is 2.39. The smallest absolute Gasteiger partial charge is 0.0725 e. The van der Waals surface area contributed by atoms with E-state index >= 15 is 0 Å². The SMILES string of the molecule is Ic1ccc2c(c1)[C@@H]1C=CC[C@@H]1[C@H](c1ccccn1)N2. The summed E-state index contributed by atoms with van der Waals surface area (Å²) in [4.78, 5) is 4.56. The number of benzene rings is 1. The van der Waals surface area contributed by atoms with Crippen LogP contribution in [-0.2, 0) is 0 Å². The lowest BCUT2D eigenvalue weighted by molar-refractivity contribution is 0.419. The number of anilines is 1. The maximum Gasteiger partial charge on any atom is 0.0725 e. The average molecular weight is 374 g/mol. The van der Waals surface area contributed by atoms with Gasteiger partial charge in [-0.05, 0) is 70.8 Å². The molecule has 4 rings (SSSR count). The Morgan fingerprint density at radius 1 is 1.20 bits per heavy atom. The highest BCUT2D eigenvalue weighted by Crippen LogP contribution is 2.49. The molecule has 2 aliphatic rings. The van der Waals surface area contributed by atoms with E-state index in [1.54, 1.807) is 0 Å². The van der Waals surface area contributed by atoms with Crippen LogP contribution in [-0.4, -0.2) is 4.98 Å². The second kappa shape index (κ2) is 4.88. The molecule has 0 saturated carbocycles. The molecule has 2 aromatic rings. The molecule has 0 unspecified atom stereocenters. The minimum absolute atomic E-state index is 0.309. The quantitative estimate of drug-likeness (QED) is 0.587. The van der Waals surface area contributed by atoms with Gasteiger partial charge >= 0.3 is 0 Å². The number of pyridine rings is 1. The van der Waals surface area contributed by atoms with Crippen molar-refractivity contribution in [3.63, 3.8) is 0 Å². The van der Waals surface area contributed by atoms with Crippen LogP contribution in [0, 0.1) is 9.49 Å². The van der Waals surface area contributed by atoms with Crippen molar-refractivity contribution in [1.29, 1.82) is 0 Å². The van der Waals surface area contributed by atoms with Crippen molar-refractivity contribution in [2.45, 2.75) is 18.4 Å². The van der Waals surface area contributed by atoms with Crippen molar-refractivity contribution in [3.8, 4) is 0 Å². The molecule has 3 atom stereocenters. The first-order chi connectivity index (χ1) is 9.83. The van der Waals surface area contributed by atoms with Crippen molar-refractivity contribution >= 4 is 28.3 Å². The monoisotopic (exact) mass is 374 g/mol. The van der Waals surface area contributed by atoms with Gasteiger partial charge in [0.2, 0.25) is 0 Å². The van der Waals surface area contributed by atoms with Gasteiger partial charge in [0.05, 0.1) is 11.7 Å². The fourth-order valence-electron chi connectivity index (χ4n) is 3.42. The predicted molar refractivity (Wildman–Crippen MR) is 89.7 cm³/mol. The van der Waals surface area contributed by atoms with E-state index in [1.807, 2.05) is 12.3 Å². The molecule has 0 spiro atoms. The first-order valence-corrected chi connectivity index (χ1v) is 8.04. The van der Waals surface area contributed by atoms with E-state index in [-0.39, 0.29) is 0 Å². The molecule has 1 aliphatic carbocycles. The Morgan fingerprint density at radius 3 is 3.00 bits per heavy atom. The highest BCUT2D eigenvalue weighted by atomic mass is 127. The van der Waals surface area contributed by atoms with Crippen molar-refractivity contribution in [3.05, 3.63) is 69.6 Å². The zero-order valence-electron chi connectivity index (χ0n) is 11.0. The summed E-state index contributed by atoms with van der Waals surface area (Å²) in [5.41, 5.74) is 3.84. The maximum absolute atomic E-state index is 4.56. The topological polar surface area (TPSA) is 24.9 Å². The van der Waals surface area contributed by atoms with E-state index in [0.717, 1.165) is 12.1 Å². The van der Waals surface area contributed by atoms with Gasteiger partial charge in [-0.2, -0.15) is 0 Å². The molecule has 1 aromatic carbocycles. The number of halogens is 1. The third-order valence-electron chi connectivity index (χ3n) is 4.33. The second-order valence-corrected chi connectivity index (χ2v) is 6.71. The van der Waals surface area contributed by atoms with Crippen LogP contribution in [0.5, 0.6) is 0 Å². The lowest BCUT2D eigenvalue weighted by Crippen LogP contribution is -2.29. The molecule has 0 amide bonds. The highest BCUT2D eigenvalue weighted by Gasteiger charge is 2.38. The minimum atomic E-state index is 0.309. The molecule has 2 nitrogen and oxygen atoms in total. The summed E-state index contributed by atoms with van der Waals surface area (Å²) in [6.07, 6.45) is 7.71. The van der Waals surface area contributed by atoms with Gasteiger partial charge in [0.15, 0.2) is 0 Å². The molecule has 0 bridgehead atoms. The molecule has 1 aromatic heterocycles. The predicted octanol–water partition coefficient (Wildman–Crippen LogP) is 4.51. The second-order valence-electron chi connectivity index (χ2n) is 5.46. The molecule has 20 heavy (non-hydrogen) atoms. The molecule has 0 saturated heterocycles. The number of hydrogen-bond donors (Lipinski definition) is 1. The van der Waals surface area contributed by atoms with E-state index < -0.39 is 0 Å². The van der Waals surface area contributed by atoms with Crippen LogP contribution in [0.2, 0.25) is 0 Å². The van der Waals surface area contributed by atoms with Crippen LogP contribution in [0.1, 0.15) is 29.6 Å². The summed E-state index contributed by atoms with van der Waals surface area (Å²) in [6, 6.07) is 13.2. The third-order valence-corrected chi connectivity index (χ3v) is 5.00. The summed E-state index contributed by atoms with van der Waals surface area (Å²) < 4.78 is 1.30.